The van der Waals surface area contributed by atoms with Gasteiger partial charge < -0.3 is 5.11 Å². The van der Waals surface area contributed by atoms with Crippen LogP contribution in [0, 0.1) is 11.8 Å². The summed E-state index contributed by atoms with van der Waals surface area (Å²) in [4.78, 5) is 11.0. The van der Waals surface area contributed by atoms with E-state index >= 15 is 0 Å². The van der Waals surface area contributed by atoms with Crippen LogP contribution in [0.5, 0.6) is 0 Å². The molecule has 2 saturated heterocycles. The molecule has 0 spiro atoms. The zero-order valence-corrected chi connectivity index (χ0v) is 13.1. The quantitative estimate of drug-likeness (QED) is 0.780. The number of thioether (sulfide) groups is 1. The number of hydrogen-bond acceptors (Lipinski definition) is 4. The van der Waals surface area contributed by atoms with Crippen molar-refractivity contribution in [1.29, 1.82) is 0 Å². The van der Waals surface area contributed by atoms with E-state index in [0.29, 0.717) is 31.8 Å². The SMILES string of the molecule is O=C(O)C1CCCN(S(=O)(=O)NCC2CCSCC2)C1. The Morgan fingerprint density at radius 3 is 2.65 bits per heavy atom. The van der Waals surface area contributed by atoms with Crippen molar-refractivity contribution in [3.05, 3.63) is 0 Å². The topological polar surface area (TPSA) is 86.7 Å². The molecular formula is C12H22N2O4S2. The number of hydrogen-bond donors (Lipinski definition) is 2. The number of nitrogens with one attached hydrogen (secondary N) is 1. The fourth-order valence-electron chi connectivity index (χ4n) is 2.63. The van der Waals surface area contributed by atoms with E-state index in [2.05, 4.69) is 4.72 Å². The maximum absolute atomic E-state index is 12.2. The van der Waals surface area contributed by atoms with Crippen molar-refractivity contribution >= 4 is 27.9 Å². The number of aliphatic carboxylic acids is 1. The molecule has 2 N–H and O–H groups in total. The minimum atomic E-state index is -3.54. The van der Waals surface area contributed by atoms with Crippen molar-refractivity contribution in [2.75, 3.05) is 31.1 Å². The highest BCUT2D eigenvalue weighted by Crippen LogP contribution is 2.23. The van der Waals surface area contributed by atoms with Gasteiger partial charge >= 0.3 is 5.97 Å². The van der Waals surface area contributed by atoms with E-state index < -0.39 is 22.1 Å². The lowest BCUT2D eigenvalue weighted by molar-refractivity contribution is -0.142. The average molecular weight is 322 g/mol. The number of rotatable bonds is 5. The van der Waals surface area contributed by atoms with Gasteiger partial charge in [0.2, 0.25) is 0 Å². The molecule has 0 bridgehead atoms. The monoisotopic (exact) mass is 322 g/mol. The maximum atomic E-state index is 12.2. The minimum Gasteiger partial charge on any atom is -0.481 e. The van der Waals surface area contributed by atoms with Crippen LogP contribution in [0.25, 0.3) is 0 Å². The molecule has 2 aliphatic rings. The predicted molar refractivity (Wildman–Crippen MR) is 78.9 cm³/mol. The Bertz CT molecular complexity index is 435. The first-order valence-corrected chi connectivity index (χ1v) is 9.64. The molecule has 116 valence electrons. The van der Waals surface area contributed by atoms with Crippen LogP contribution in [0.1, 0.15) is 25.7 Å². The Morgan fingerprint density at radius 1 is 1.30 bits per heavy atom. The zero-order chi connectivity index (χ0) is 14.6. The van der Waals surface area contributed by atoms with E-state index in [-0.39, 0.29) is 6.54 Å². The maximum Gasteiger partial charge on any atom is 0.307 e. The van der Waals surface area contributed by atoms with Crippen molar-refractivity contribution in [2.45, 2.75) is 25.7 Å². The highest BCUT2D eigenvalue weighted by atomic mass is 32.2. The Labute approximate surface area is 124 Å². The van der Waals surface area contributed by atoms with Crippen molar-refractivity contribution in [2.24, 2.45) is 11.8 Å². The normalized spacial score (nSPS) is 26.5. The Morgan fingerprint density at radius 2 is 2.00 bits per heavy atom. The summed E-state index contributed by atoms with van der Waals surface area (Å²) >= 11 is 1.91. The summed E-state index contributed by atoms with van der Waals surface area (Å²) in [7, 11) is -3.54. The van der Waals surface area contributed by atoms with Gasteiger partial charge in [-0.3, -0.25) is 4.79 Å². The second-order valence-electron chi connectivity index (χ2n) is 5.44. The molecule has 8 heteroatoms. The summed E-state index contributed by atoms with van der Waals surface area (Å²) in [6, 6.07) is 0. The number of carboxylic acids is 1. The zero-order valence-electron chi connectivity index (χ0n) is 11.5. The highest BCUT2D eigenvalue weighted by molar-refractivity contribution is 7.99. The van der Waals surface area contributed by atoms with Gasteiger partial charge in [0.25, 0.3) is 10.2 Å². The van der Waals surface area contributed by atoms with Gasteiger partial charge in [-0.1, -0.05) is 0 Å². The van der Waals surface area contributed by atoms with Gasteiger partial charge in [-0.2, -0.15) is 24.5 Å². The van der Waals surface area contributed by atoms with Gasteiger partial charge in [0.05, 0.1) is 5.92 Å². The molecule has 2 rings (SSSR count). The molecule has 1 atom stereocenters. The molecule has 20 heavy (non-hydrogen) atoms. The van der Waals surface area contributed by atoms with Crippen molar-refractivity contribution in [3.8, 4) is 0 Å². The highest BCUT2D eigenvalue weighted by Gasteiger charge is 2.32. The summed E-state index contributed by atoms with van der Waals surface area (Å²) in [6.45, 7) is 0.974. The van der Waals surface area contributed by atoms with E-state index in [4.69, 9.17) is 5.11 Å². The second kappa shape index (κ2) is 7.11. The van der Waals surface area contributed by atoms with Crippen LogP contribution in [0.15, 0.2) is 0 Å². The van der Waals surface area contributed by atoms with E-state index in [0.717, 1.165) is 24.3 Å². The molecular weight excluding hydrogens is 300 g/mol. The summed E-state index contributed by atoms with van der Waals surface area (Å²) in [5, 5.41) is 9.01. The fraction of sp³-hybridized carbons (Fsp3) is 0.917. The van der Waals surface area contributed by atoms with Gasteiger partial charge in [-0.25, -0.2) is 4.72 Å². The summed E-state index contributed by atoms with van der Waals surface area (Å²) < 4.78 is 28.4. The lowest BCUT2D eigenvalue weighted by Gasteiger charge is -2.30. The Balaban J connectivity index is 1.87. The molecule has 6 nitrogen and oxygen atoms in total. The van der Waals surface area contributed by atoms with Gasteiger partial charge in [0.15, 0.2) is 0 Å². The van der Waals surface area contributed by atoms with Crippen LogP contribution >= 0.6 is 11.8 Å². The molecule has 2 fully saturated rings. The van der Waals surface area contributed by atoms with Gasteiger partial charge in [0, 0.05) is 19.6 Å². The van der Waals surface area contributed by atoms with E-state index in [1.807, 2.05) is 11.8 Å². The van der Waals surface area contributed by atoms with E-state index in [1.54, 1.807) is 0 Å². The van der Waals surface area contributed by atoms with Crippen LogP contribution < -0.4 is 4.72 Å². The summed E-state index contributed by atoms with van der Waals surface area (Å²) in [6.07, 6.45) is 3.26. The second-order valence-corrected chi connectivity index (χ2v) is 8.42. The van der Waals surface area contributed by atoms with Gasteiger partial charge in [-0.05, 0) is 43.1 Å². The molecule has 0 aromatic carbocycles. The lowest BCUT2D eigenvalue weighted by Crippen LogP contribution is -2.48. The van der Waals surface area contributed by atoms with E-state index in [9.17, 15) is 13.2 Å². The summed E-state index contributed by atoms with van der Waals surface area (Å²) in [5.41, 5.74) is 0. The van der Waals surface area contributed by atoms with E-state index in [1.165, 1.54) is 4.31 Å². The molecule has 0 aromatic heterocycles. The molecule has 1 unspecified atom stereocenters. The third kappa shape index (κ3) is 4.34. The van der Waals surface area contributed by atoms with Gasteiger partial charge in [0.1, 0.15) is 0 Å². The molecule has 0 saturated carbocycles. The third-order valence-corrected chi connectivity index (χ3v) is 6.56. The van der Waals surface area contributed by atoms with Crippen LogP contribution in [-0.4, -0.2) is 54.9 Å². The number of carboxylic acid groups (broad SMARTS) is 1. The molecule has 0 radical (unpaired) electrons. The number of nitrogens with zero attached hydrogens (tertiary/aromatic N) is 1. The number of carbonyl (C=O) groups is 1. The van der Waals surface area contributed by atoms with Crippen LogP contribution in [0.2, 0.25) is 0 Å². The number of piperidine rings is 1. The van der Waals surface area contributed by atoms with Crippen LogP contribution in [0.3, 0.4) is 0 Å². The van der Waals surface area contributed by atoms with Crippen molar-refractivity contribution in [3.63, 3.8) is 0 Å². The molecule has 0 aromatic rings. The summed E-state index contributed by atoms with van der Waals surface area (Å²) in [5.74, 6) is 1.11. The first-order chi connectivity index (χ1) is 9.49. The Kier molecular flexibility index (Phi) is 5.71. The molecule has 0 amide bonds. The minimum absolute atomic E-state index is 0.0885. The standard InChI is InChI=1S/C12H22N2O4S2/c15-12(16)11-2-1-5-14(9-11)20(17,18)13-8-10-3-6-19-7-4-10/h10-11,13H,1-9H2,(H,15,16). The lowest BCUT2D eigenvalue weighted by atomic mass is 10.0. The van der Waals surface area contributed by atoms with Crippen molar-refractivity contribution < 1.29 is 18.3 Å². The fourth-order valence-corrected chi connectivity index (χ4v) is 5.21. The van der Waals surface area contributed by atoms with Crippen molar-refractivity contribution in [1.82, 2.24) is 9.03 Å². The molecule has 2 aliphatic heterocycles. The van der Waals surface area contributed by atoms with Crippen LogP contribution in [0.4, 0.5) is 0 Å². The third-order valence-electron chi connectivity index (χ3n) is 3.97. The molecule has 2 heterocycles. The largest absolute Gasteiger partial charge is 0.481 e. The first-order valence-electron chi connectivity index (χ1n) is 7.04. The molecule has 0 aliphatic carbocycles. The average Bonchev–Trinajstić information content (AvgIpc) is 2.46. The Hall–Kier alpha value is -0.310. The van der Waals surface area contributed by atoms with Crippen LogP contribution in [-0.2, 0) is 15.0 Å². The predicted octanol–water partition coefficient (Wildman–Crippen LogP) is 0.761. The smallest absolute Gasteiger partial charge is 0.307 e. The van der Waals surface area contributed by atoms with Gasteiger partial charge in [-0.15, -0.1) is 0 Å². The first kappa shape index (κ1) is 16.1.